The number of hydroxylamine groups is 1. The van der Waals surface area contributed by atoms with Gasteiger partial charge in [-0.15, -0.1) is 0 Å². The van der Waals surface area contributed by atoms with Gasteiger partial charge in [-0.2, -0.15) is 0 Å². The molecular weight excluding hydrogens is 260 g/mol. The Balaban J connectivity index is 1.53. The molecular formula is C14H20N2O4. The highest BCUT2D eigenvalue weighted by Crippen LogP contribution is 2.32. The highest BCUT2D eigenvalue weighted by molar-refractivity contribution is 5.73. The van der Waals surface area contributed by atoms with E-state index in [9.17, 15) is 4.79 Å². The van der Waals surface area contributed by atoms with E-state index < -0.39 is 0 Å². The molecule has 0 unspecified atom stereocenters. The second-order valence-electron chi connectivity index (χ2n) is 5.19. The number of carbonyl (C=O) groups excluding carboxylic acids is 1. The zero-order valence-corrected chi connectivity index (χ0v) is 11.4. The second-order valence-corrected chi connectivity index (χ2v) is 5.19. The van der Waals surface area contributed by atoms with E-state index in [4.69, 9.17) is 14.0 Å². The van der Waals surface area contributed by atoms with E-state index in [0.29, 0.717) is 13.2 Å². The highest BCUT2D eigenvalue weighted by atomic mass is 16.8. The maximum absolute atomic E-state index is 12.2. The molecule has 2 amide bonds. The van der Waals surface area contributed by atoms with Crippen molar-refractivity contribution in [3.05, 3.63) is 24.2 Å². The van der Waals surface area contributed by atoms with Crippen molar-refractivity contribution in [2.75, 3.05) is 13.2 Å². The molecule has 3 heterocycles. The van der Waals surface area contributed by atoms with Gasteiger partial charge in [-0.3, -0.25) is 0 Å². The van der Waals surface area contributed by atoms with E-state index in [1.165, 1.54) is 0 Å². The minimum Gasteiger partial charge on any atom is -0.467 e. The molecule has 1 N–H and O–H groups in total. The van der Waals surface area contributed by atoms with Gasteiger partial charge in [0.15, 0.2) is 6.29 Å². The molecule has 0 aromatic carbocycles. The molecule has 6 heteroatoms. The van der Waals surface area contributed by atoms with Gasteiger partial charge >= 0.3 is 6.03 Å². The topological polar surface area (TPSA) is 63.9 Å². The second kappa shape index (κ2) is 6.28. The van der Waals surface area contributed by atoms with Crippen LogP contribution in [0.5, 0.6) is 0 Å². The van der Waals surface area contributed by atoms with Gasteiger partial charge in [-0.1, -0.05) is 0 Å². The number of carbonyl (C=O) groups is 1. The number of furan rings is 1. The van der Waals surface area contributed by atoms with Gasteiger partial charge in [-0.05, 0) is 37.8 Å². The maximum atomic E-state index is 12.2. The molecule has 2 aliphatic rings. The van der Waals surface area contributed by atoms with Gasteiger partial charge in [0.25, 0.3) is 0 Å². The van der Waals surface area contributed by atoms with Crippen molar-refractivity contribution in [2.24, 2.45) is 0 Å². The lowest BCUT2D eigenvalue weighted by Gasteiger charge is -2.26. The number of ether oxygens (including phenoxy) is 1. The first-order valence-corrected chi connectivity index (χ1v) is 7.22. The number of likely N-dealkylation sites (tertiary alicyclic amines) is 1. The van der Waals surface area contributed by atoms with Gasteiger partial charge in [0, 0.05) is 19.6 Å². The summed E-state index contributed by atoms with van der Waals surface area (Å²) in [7, 11) is 0. The zero-order chi connectivity index (χ0) is 13.8. The highest BCUT2D eigenvalue weighted by Gasteiger charge is 2.32. The molecule has 2 saturated heterocycles. The molecule has 0 aliphatic carbocycles. The number of nitrogens with zero attached hydrogens (tertiary/aromatic N) is 1. The summed E-state index contributed by atoms with van der Waals surface area (Å²) in [5, 5.41) is 0. The largest absolute Gasteiger partial charge is 0.467 e. The molecule has 1 aromatic rings. The SMILES string of the molecule is O=C(NO[C@@H]1CCCCO1)N1CCC[C@@H]1c1ccco1. The maximum Gasteiger partial charge on any atom is 0.342 e. The van der Waals surface area contributed by atoms with Crippen molar-refractivity contribution >= 4 is 6.03 Å². The molecule has 0 radical (unpaired) electrons. The fourth-order valence-electron chi connectivity index (χ4n) is 2.77. The van der Waals surface area contributed by atoms with E-state index >= 15 is 0 Å². The van der Waals surface area contributed by atoms with E-state index in [1.807, 2.05) is 12.1 Å². The Hall–Kier alpha value is -1.53. The number of amides is 2. The predicted molar refractivity (Wildman–Crippen MR) is 70.6 cm³/mol. The standard InChI is InChI=1S/C14H20N2O4/c17-14(15-20-13-7-1-2-9-19-13)16-8-3-5-11(16)12-6-4-10-18-12/h4,6,10-11,13H,1-3,5,7-9H2,(H,15,17)/t11-,13-/m1/s1. The van der Waals surface area contributed by atoms with Crippen molar-refractivity contribution in [1.29, 1.82) is 0 Å². The molecule has 3 rings (SSSR count). The Morgan fingerprint density at radius 3 is 3.05 bits per heavy atom. The lowest BCUT2D eigenvalue weighted by molar-refractivity contribution is -0.187. The molecule has 2 fully saturated rings. The number of nitrogens with one attached hydrogen (secondary N) is 1. The predicted octanol–water partition coefficient (Wildman–Crippen LogP) is 2.58. The third-order valence-electron chi connectivity index (χ3n) is 3.80. The van der Waals surface area contributed by atoms with Crippen LogP contribution in [-0.2, 0) is 9.57 Å². The average Bonchev–Trinajstić information content (AvgIpc) is 3.15. The number of rotatable bonds is 3. The van der Waals surface area contributed by atoms with Crippen LogP contribution in [0.25, 0.3) is 0 Å². The monoisotopic (exact) mass is 280 g/mol. The zero-order valence-electron chi connectivity index (χ0n) is 11.4. The van der Waals surface area contributed by atoms with Gasteiger partial charge in [-0.25, -0.2) is 15.1 Å². The lowest BCUT2D eigenvalue weighted by Crippen LogP contribution is -2.42. The number of hydrogen-bond acceptors (Lipinski definition) is 4. The quantitative estimate of drug-likeness (QED) is 0.864. The summed E-state index contributed by atoms with van der Waals surface area (Å²) in [6, 6.07) is 3.52. The first-order chi connectivity index (χ1) is 9.84. The molecule has 2 aliphatic heterocycles. The van der Waals surface area contributed by atoms with Crippen LogP contribution in [0.15, 0.2) is 22.8 Å². The Labute approximate surface area is 118 Å². The van der Waals surface area contributed by atoms with Crippen molar-refractivity contribution in [2.45, 2.75) is 44.4 Å². The molecule has 0 spiro atoms. The van der Waals surface area contributed by atoms with Gasteiger partial charge in [0.2, 0.25) is 0 Å². The summed E-state index contributed by atoms with van der Waals surface area (Å²) in [5.41, 5.74) is 2.51. The molecule has 6 nitrogen and oxygen atoms in total. The van der Waals surface area contributed by atoms with Crippen molar-refractivity contribution in [3.8, 4) is 0 Å². The number of urea groups is 1. The summed E-state index contributed by atoms with van der Waals surface area (Å²) in [6.07, 6.45) is 6.15. The number of hydrogen-bond donors (Lipinski definition) is 1. The summed E-state index contributed by atoms with van der Waals surface area (Å²) in [6.45, 7) is 1.41. The first kappa shape index (κ1) is 13.5. The van der Waals surface area contributed by atoms with Gasteiger partial charge in [0.1, 0.15) is 5.76 Å². The van der Waals surface area contributed by atoms with Crippen molar-refractivity contribution in [3.63, 3.8) is 0 Å². The molecule has 20 heavy (non-hydrogen) atoms. The van der Waals surface area contributed by atoms with Crippen LogP contribution in [0, 0.1) is 0 Å². The van der Waals surface area contributed by atoms with E-state index in [0.717, 1.165) is 37.9 Å². The van der Waals surface area contributed by atoms with E-state index in [-0.39, 0.29) is 18.4 Å². The molecule has 2 atom stereocenters. The lowest BCUT2D eigenvalue weighted by atomic mass is 10.2. The third kappa shape index (κ3) is 2.96. The summed E-state index contributed by atoms with van der Waals surface area (Å²) in [5.74, 6) is 0.826. The van der Waals surface area contributed by atoms with Gasteiger partial charge < -0.3 is 14.1 Å². The normalized spacial score (nSPS) is 26.7. The smallest absolute Gasteiger partial charge is 0.342 e. The Morgan fingerprint density at radius 1 is 1.35 bits per heavy atom. The van der Waals surface area contributed by atoms with Crippen LogP contribution in [0.3, 0.4) is 0 Å². The Kier molecular flexibility index (Phi) is 4.22. The average molecular weight is 280 g/mol. The van der Waals surface area contributed by atoms with Crippen molar-refractivity contribution < 1.29 is 18.8 Å². The Morgan fingerprint density at radius 2 is 2.30 bits per heavy atom. The summed E-state index contributed by atoms with van der Waals surface area (Å²) < 4.78 is 10.8. The first-order valence-electron chi connectivity index (χ1n) is 7.22. The summed E-state index contributed by atoms with van der Waals surface area (Å²) >= 11 is 0. The van der Waals surface area contributed by atoms with Crippen molar-refractivity contribution in [1.82, 2.24) is 10.4 Å². The molecule has 0 saturated carbocycles. The molecule has 110 valence electrons. The van der Waals surface area contributed by atoms with Crippen LogP contribution in [0.1, 0.15) is 43.9 Å². The fraction of sp³-hybridized carbons (Fsp3) is 0.643. The minimum atomic E-state index is -0.322. The van der Waals surface area contributed by atoms with E-state index in [2.05, 4.69) is 5.48 Å². The summed E-state index contributed by atoms with van der Waals surface area (Å²) in [4.78, 5) is 19.3. The van der Waals surface area contributed by atoms with Gasteiger partial charge in [0.05, 0.1) is 12.3 Å². The third-order valence-corrected chi connectivity index (χ3v) is 3.80. The minimum absolute atomic E-state index is 0.000809. The Bertz CT molecular complexity index is 428. The van der Waals surface area contributed by atoms with Crippen LogP contribution in [0.4, 0.5) is 4.79 Å². The van der Waals surface area contributed by atoms with Crippen LogP contribution < -0.4 is 5.48 Å². The van der Waals surface area contributed by atoms with Crippen LogP contribution in [-0.4, -0.2) is 30.4 Å². The van der Waals surface area contributed by atoms with Crippen LogP contribution in [0.2, 0.25) is 0 Å². The fourth-order valence-corrected chi connectivity index (χ4v) is 2.77. The molecule has 1 aromatic heterocycles. The molecule has 0 bridgehead atoms. The van der Waals surface area contributed by atoms with Crippen LogP contribution >= 0.6 is 0 Å². The van der Waals surface area contributed by atoms with E-state index in [1.54, 1.807) is 11.2 Å².